The van der Waals surface area contributed by atoms with Crippen LogP contribution in [0.3, 0.4) is 0 Å². The maximum atomic E-state index is 13.5. The number of tetrazole rings is 1. The first-order valence-electron chi connectivity index (χ1n) is 11.5. The molecule has 170 valence electrons. The molecule has 1 saturated carbocycles. The van der Waals surface area contributed by atoms with Crippen molar-refractivity contribution in [2.45, 2.75) is 63.5 Å². The summed E-state index contributed by atoms with van der Waals surface area (Å²) < 4.78 is 3.52. The average Bonchev–Trinajstić information content (AvgIpc) is 3.48. The van der Waals surface area contributed by atoms with Crippen LogP contribution in [0, 0.1) is 0 Å². The highest BCUT2D eigenvalue weighted by Crippen LogP contribution is 2.35. The number of rotatable bonds is 8. The van der Waals surface area contributed by atoms with E-state index in [4.69, 9.17) is 0 Å². The molecule has 3 heterocycles. The minimum absolute atomic E-state index is 0.108. The Labute approximate surface area is 191 Å². The van der Waals surface area contributed by atoms with Crippen LogP contribution in [-0.4, -0.2) is 41.8 Å². The second kappa shape index (κ2) is 8.73. The number of aliphatic imine (C=N–C) groups is 1. The molecule has 2 aliphatic rings. The molecule has 2 aromatic heterocycles. The lowest BCUT2D eigenvalue weighted by atomic mass is 9.76. The molecule has 1 N–H and O–H groups in total. The van der Waals surface area contributed by atoms with Crippen molar-refractivity contribution in [3.8, 4) is 11.4 Å². The second-order valence-electron chi connectivity index (χ2n) is 8.84. The largest absolute Gasteiger partial charge is 0.329 e. The van der Waals surface area contributed by atoms with Crippen molar-refractivity contribution >= 4 is 12.0 Å². The van der Waals surface area contributed by atoms with Crippen LogP contribution in [0.1, 0.15) is 56.3 Å². The van der Waals surface area contributed by atoms with Crippen molar-refractivity contribution in [2.75, 3.05) is 0 Å². The molecule has 0 bridgehead atoms. The molecule has 1 aromatic carbocycles. The van der Waals surface area contributed by atoms with Crippen LogP contribution in [-0.2, 0) is 23.2 Å². The third-order valence-electron chi connectivity index (χ3n) is 6.77. The first-order chi connectivity index (χ1) is 16.1. The summed E-state index contributed by atoms with van der Waals surface area (Å²) in [5, 5.41) is 14.4. The van der Waals surface area contributed by atoms with Crippen molar-refractivity contribution in [1.82, 2.24) is 29.8 Å². The first-order valence-corrected chi connectivity index (χ1v) is 11.5. The molecule has 0 spiro atoms. The lowest BCUT2D eigenvalue weighted by molar-refractivity contribution is -0.128. The van der Waals surface area contributed by atoms with Crippen LogP contribution < -0.4 is 5.69 Å². The minimum Gasteiger partial charge on any atom is -0.297 e. The average molecular weight is 446 g/mol. The Morgan fingerprint density at radius 2 is 2.18 bits per heavy atom. The summed E-state index contributed by atoms with van der Waals surface area (Å²) in [6, 6.07) is 7.72. The molecule has 1 aliphatic carbocycles. The van der Waals surface area contributed by atoms with Crippen LogP contribution in [0.2, 0.25) is 0 Å². The third-order valence-corrected chi connectivity index (χ3v) is 6.77. The number of ketones is 1. The predicted molar refractivity (Wildman–Crippen MR) is 124 cm³/mol. The van der Waals surface area contributed by atoms with Gasteiger partial charge in [0.15, 0.2) is 5.78 Å². The van der Waals surface area contributed by atoms with Crippen LogP contribution in [0.4, 0.5) is 0 Å². The summed E-state index contributed by atoms with van der Waals surface area (Å²) >= 11 is 0. The van der Waals surface area contributed by atoms with Gasteiger partial charge in [-0.05, 0) is 42.5 Å². The molecule has 0 amide bonds. The highest BCUT2D eigenvalue weighted by atomic mass is 16.2. The SMILES string of the molecule is CCCCc1cn(C2CCC2=O)c(=O)n1CC1(c2cccc(-c3nn[nH]n3)c2)C=CN=CC1. The van der Waals surface area contributed by atoms with Gasteiger partial charge in [0.1, 0.15) is 0 Å². The molecule has 5 rings (SSSR count). The number of carbonyl (C=O) groups is 1. The van der Waals surface area contributed by atoms with Gasteiger partial charge in [0.05, 0.1) is 6.04 Å². The molecule has 33 heavy (non-hydrogen) atoms. The number of aryl methyl sites for hydroxylation is 1. The summed E-state index contributed by atoms with van der Waals surface area (Å²) in [7, 11) is 0. The van der Waals surface area contributed by atoms with E-state index in [9.17, 15) is 9.59 Å². The van der Waals surface area contributed by atoms with Gasteiger partial charge in [0.2, 0.25) is 5.82 Å². The number of carbonyl (C=O) groups excluding carboxylic acids is 1. The summed E-state index contributed by atoms with van der Waals surface area (Å²) in [5.41, 5.74) is 2.32. The number of aromatic nitrogens is 6. The summed E-state index contributed by atoms with van der Waals surface area (Å²) in [6.45, 7) is 2.61. The Kier molecular flexibility index (Phi) is 5.62. The number of hydrogen-bond acceptors (Lipinski definition) is 6. The Morgan fingerprint density at radius 1 is 1.27 bits per heavy atom. The Balaban J connectivity index is 1.57. The van der Waals surface area contributed by atoms with E-state index in [2.05, 4.69) is 50.7 Å². The van der Waals surface area contributed by atoms with Crippen molar-refractivity contribution in [1.29, 1.82) is 0 Å². The van der Waals surface area contributed by atoms with E-state index in [1.807, 2.05) is 29.1 Å². The van der Waals surface area contributed by atoms with E-state index in [1.165, 1.54) is 0 Å². The summed E-state index contributed by atoms with van der Waals surface area (Å²) in [6.07, 6.45) is 12.4. The Hall–Kier alpha value is -3.62. The van der Waals surface area contributed by atoms with Gasteiger partial charge >= 0.3 is 5.69 Å². The number of Topliss-reactive ketones (excluding diaryl/α,β-unsaturated/α-hetero) is 1. The van der Waals surface area contributed by atoms with E-state index in [-0.39, 0.29) is 17.5 Å². The van der Waals surface area contributed by atoms with Gasteiger partial charge in [-0.1, -0.05) is 37.6 Å². The maximum absolute atomic E-state index is 13.5. The van der Waals surface area contributed by atoms with Gasteiger partial charge in [-0.3, -0.25) is 18.9 Å². The number of hydrogen-bond donors (Lipinski definition) is 1. The molecular formula is C24H27N7O2. The van der Waals surface area contributed by atoms with Gasteiger partial charge in [0.25, 0.3) is 0 Å². The molecule has 2 unspecified atom stereocenters. The number of imidazole rings is 1. The Morgan fingerprint density at radius 3 is 2.85 bits per heavy atom. The number of allylic oxidation sites excluding steroid dienone is 1. The zero-order chi connectivity index (χ0) is 22.8. The monoisotopic (exact) mass is 445 g/mol. The van der Waals surface area contributed by atoms with Crippen molar-refractivity contribution < 1.29 is 4.79 Å². The number of benzene rings is 1. The quantitative estimate of drug-likeness (QED) is 0.573. The van der Waals surface area contributed by atoms with E-state index < -0.39 is 5.41 Å². The molecule has 2 atom stereocenters. The van der Waals surface area contributed by atoms with Gasteiger partial charge in [-0.25, -0.2) is 4.79 Å². The smallest absolute Gasteiger partial charge is 0.297 e. The molecule has 3 aromatic rings. The number of nitrogens with one attached hydrogen (secondary N) is 1. The van der Waals surface area contributed by atoms with Crippen LogP contribution in [0.5, 0.6) is 0 Å². The number of nitrogens with zero attached hydrogens (tertiary/aromatic N) is 6. The fraction of sp³-hybridized carbons (Fsp3) is 0.417. The predicted octanol–water partition coefficient (Wildman–Crippen LogP) is 3.00. The van der Waals surface area contributed by atoms with Gasteiger partial charge < -0.3 is 0 Å². The molecule has 1 fully saturated rings. The standard InChI is InChI=1S/C24H27N7O2/c1-2-3-7-19-15-30(20-8-9-21(20)32)23(33)31(19)16-24(10-12-25-13-11-24)18-6-4-5-17(14-18)22-26-28-29-27-22/h4-6,10,12-15,20H,2-3,7-9,11,16H2,1H3,(H,26,27,28,29). The van der Waals surface area contributed by atoms with Crippen LogP contribution in [0.15, 0.2) is 52.5 Å². The van der Waals surface area contributed by atoms with Crippen molar-refractivity contribution in [3.63, 3.8) is 0 Å². The fourth-order valence-corrected chi connectivity index (χ4v) is 4.67. The molecule has 0 saturated heterocycles. The minimum atomic E-state index is -0.456. The van der Waals surface area contributed by atoms with E-state index in [0.29, 0.717) is 25.2 Å². The number of H-pyrrole nitrogens is 1. The maximum Gasteiger partial charge on any atom is 0.329 e. The second-order valence-corrected chi connectivity index (χ2v) is 8.84. The van der Waals surface area contributed by atoms with E-state index in [0.717, 1.165) is 42.5 Å². The van der Waals surface area contributed by atoms with E-state index >= 15 is 0 Å². The van der Waals surface area contributed by atoms with Gasteiger partial charge in [-0.15, -0.1) is 10.2 Å². The zero-order valence-electron chi connectivity index (χ0n) is 18.6. The summed E-state index contributed by atoms with van der Waals surface area (Å²) in [5.74, 6) is 0.666. The van der Waals surface area contributed by atoms with Crippen LogP contribution >= 0.6 is 0 Å². The molecule has 0 radical (unpaired) electrons. The van der Waals surface area contributed by atoms with Gasteiger partial charge in [0, 0.05) is 48.2 Å². The highest BCUT2D eigenvalue weighted by molar-refractivity contribution is 5.88. The normalized spacial score (nSPS) is 22.0. The van der Waals surface area contributed by atoms with Gasteiger partial charge in [-0.2, -0.15) is 5.21 Å². The molecule has 9 nitrogen and oxygen atoms in total. The topological polar surface area (TPSA) is 111 Å². The van der Waals surface area contributed by atoms with E-state index in [1.54, 1.807) is 10.8 Å². The number of aromatic amines is 1. The lowest BCUT2D eigenvalue weighted by Gasteiger charge is -2.32. The fourth-order valence-electron chi connectivity index (χ4n) is 4.67. The molecular weight excluding hydrogens is 418 g/mol. The molecule has 9 heteroatoms. The zero-order valence-corrected chi connectivity index (χ0v) is 18.6. The van der Waals surface area contributed by atoms with Crippen LogP contribution in [0.25, 0.3) is 11.4 Å². The third kappa shape index (κ3) is 3.88. The summed E-state index contributed by atoms with van der Waals surface area (Å²) in [4.78, 5) is 29.9. The molecule has 1 aliphatic heterocycles. The Bertz CT molecular complexity index is 1270. The first kappa shape index (κ1) is 21.2. The van der Waals surface area contributed by atoms with Crippen molar-refractivity contribution in [3.05, 3.63) is 64.5 Å². The van der Waals surface area contributed by atoms with Crippen molar-refractivity contribution in [2.24, 2.45) is 4.99 Å². The lowest BCUT2D eigenvalue weighted by Crippen LogP contribution is -2.40. The number of unbranched alkanes of at least 4 members (excludes halogenated alkanes) is 1. The highest BCUT2D eigenvalue weighted by Gasteiger charge is 2.36.